The van der Waals surface area contributed by atoms with E-state index in [1.165, 1.54) is 0 Å². The number of aromatic nitrogens is 1. The molecule has 5 heteroatoms. The zero-order chi connectivity index (χ0) is 14.7. The molecule has 1 aliphatic rings. The first-order valence-corrected chi connectivity index (χ1v) is 6.34. The van der Waals surface area contributed by atoms with Crippen LogP contribution in [0.3, 0.4) is 0 Å². The number of para-hydroxylation sites is 1. The molecule has 0 N–H and O–H groups in total. The fourth-order valence-corrected chi connectivity index (χ4v) is 1.96. The van der Waals surface area contributed by atoms with Crippen LogP contribution < -0.4 is 4.74 Å². The summed E-state index contributed by atoms with van der Waals surface area (Å²) in [6.07, 6.45) is 4.95. The number of cyclic esters (lactones) is 1. The number of hydrogen-bond donors (Lipinski definition) is 0. The van der Waals surface area contributed by atoms with Gasteiger partial charge >= 0.3 is 5.97 Å². The number of aliphatic imine (C=N–C) groups is 1. The predicted octanol–water partition coefficient (Wildman–Crippen LogP) is 2.43. The van der Waals surface area contributed by atoms with Gasteiger partial charge in [-0.05, 0) is 29.8 Å². The first-order valence-electron chi connectivity index (χ1n) is 6.34. The van der Waals surface area contributed by atoms with Gasteiger partial charge in [0.2, 0.25) is 5.90 Å². The maximum Gasteiger partial charge on any atom is 0.363 e. The Hall–Kier alpha value is -2.95. The monoisotopic (exact) mass is 280 g/mol. The quantitative estimate of drug-likeness (QED) is 0.640. The van der Waals surface area contributed by atoms with Crippen LogP contribution in [0.25, 0.3) is 6.08 Å². The molecule has 0 spiro atoms. The number of nitrogens with zero attached hydrogens (tertiary/aromatic N) is 2. The molecule has 0 fully saturated rings. The highest BCUT2D eigenvalue weighted by molar-refractivity contribution is 6.13. The minimum absolute atomic E-state index is 0.240. The largest absolute Gasteiger partial charge is 0.496 e. The zero-order valence-corrected chi connectivity index (χ0v) is 11.3. The van der Waals surface area contributed by atoms with Crippen LogP contribution in [0.1, 0.15) is 11.1 Å². The number of rotatable bonds is 3. The summed E-state index contributed by atoms with van der Waals surface area (Å²) in [6.45, 7) is 0. The van der Waals surface area contributed by atoms with Crippen LogP contribution in [0.4, 0.5) is 0 Å². The molecule has 0 atom stereocenters. The van der Waals surface area contributed by atoms with E-state index >= 15 is 0 Å². The number of hydrogen-bond acceptors (Lipinski definition) is 5. The van der Waals surface area contributed by atoms with Gasteiger partial charge in [-0.15, -0.1) is 0 Å². The summed E-state index contributed by atoms with van der Waals surface area (Å²) in [5.74, 6) is 0.360. The molecule has 5 nitrogen and oxygen atoms in total. The summed E-state index contributed by atoms with van der Waals surface area (Å²) in [5.41, 5.74) is 1.67. The van der Waals surface area contributed by atoms with Gasteiger partial charge in [-0.25, -0.2) is 9.79 Å². The highest BCUT2D eigenvalue weighted by Crippen LogP contribution is 2.24. The van der Waals surface area contributed by atoms with E-state index in [0.29, 0.717) is 11.3 Å². The molecule has 2 aromatic rings. The molecule has 0 bridgehead atoms. The molecule has 1 aromatic heterocycles. The van der Waals surface area contributed by atoms with E-state index in [0.717, 1.165) is 5.56 Å². The summed E-state index contributed by atoms with van der Waals surface area (Å²) >= 11 is 0. The van der Waals surface area contributed by atoms with Crippen molar-refractivity contribution in [1.29, 1.82) is 0 Å². The second-order valence-corrected chi connectivity index (χ2v) is 4.32. The Balaban J connectivity index is 1.98. The Bertz CT molecular complexity index is 736. The molecule has 0 unspecified atom stereocenters. The summed E-state index contributed by atoms with van der Waals surface area (Å²) in [4.78, 5) is 20.1. The molecule has 0 amide bonds. The van der Waals surface area contributed by atoms with Crippen LogP contribution in [0.15, 0.2) is 59.5 Å². The van der Waals surface area contributed by atoms with Gasteiger partial charge in [0.25, 0.3) is 0 Å². The number of pyridine rings is 1. The number of carbonyl (C=O) groups excluding carboxylic acids is 1. The SMILES string of the molecule is COc1ccccc1C1=N/C(=C/c2cccnc2)C(=O)O1. The van der Waals surface area contributed by atoms with E-state index in [-0.39, 0.29) is 11.6 Å². The van der Waals surface area contributed by atoms with Gasteiger partial charge in [-0.3, -0.25) is 4.98 Å². The molecule has 0 saturated heterocycles. The standard InChI is InChI=1S/C16H12N2O3/c1-20-14-7-3-2-6-12(14)15-18-13(16(19)21-15)9-11-5-4-8-17-10-11/h2-10H,1H3/b13-9+. The highest BCUT2D eigenvalue weighted by Gasteiger charge is 2.25. The van der Waals surface area contributed by atoms with Crippen LogP contribution in [0, 0.1) is 0 Å². The fourth-order valence-electron chi connectivity index (χ4n) is 1.96. The lowest BCUT2D eigenvalue weighted by atomic mass is 10.2. The molecule has 3 rings (SSSR count). The lowest BCUT2D eigenvalue weighted by Crippen LogP contribution is -2.06. The van der Waals surface area contributed by atoms with Gasteiger partial charge in [0, 0.05) is 12.4 Å². The van der Waals surface area contributed by atoms with Crippen molar-refractivity contribution in [1.82, 2.24) is 4.98 Å². The van der Waals surface area contributed by atoms with Crippen LogP contribution in [-0.4, -0.2) is 24.0 Å². The van der Waals surface area contributed by atoms with Crippen LogP contribution in [0.2, 0.25) is 0 Å². The van der Waals surface area contributed by atoms with Gasteiger partial charge in [-0.2, -0.15) is 0 Å². The van der Waals surface area contributed by atoms with Crippen molar-refractivity contribution in [3.8, 4) is 5.75 Å². The highest BCUT2D eigenvalue weighted by atomic mass is 16.6. The third-order valence-corrected chi connectivity index (χ3v) is 2.95. The maximum atomic E-state index is 11.9. The van der Waals surface area contributed by atoms with E-state index in [2.05, 4.69) is 9.98 Å². The lowest BCUT2D eigenvalue weighted by Gasteiger charge is -2.05. The molecule has 0 saturated carbocycles. The molecule has 21 heavy (non-hydrogen) atoms. The second kappa shape index (κ2) is 5.58. The average Bonchev–Trinajstić information content (AvgIpc) is 2.89. The molecule has 0 aliphatic carbocycles. The van der Waals surface area contributed by atoms with Crippen LogP contribution in [-0.2, 0) is 9.53 Å². The summed E-state index contributed by atoms with van der Waals surface area (Å²) in [5, 5.41) is 0. The molecule has 2 heterocycles. The summed E-state index contributed by atoms with van der Waals surface area (Å²) < 4.78 is 10.5. The molecule has 1 aliphatic heterocycles. The Morgan fingerprint density at radius 1 is 1.19 bits per heavy atom. The van der Waals surface area contributed by atoms with Crippen molar-refractivity contribution < 1.29 is 14.3 Å². The van der Waals surface area contributed by atoms with Gasteiger partial charge in [-0.1, -0.05) is 18.2 Å². The fraction of sp³-hybridized carbons (Fsp3) is 0.0625. The Kier molecular flexibility index (Phi) is 3.47. The molecule has 0 radical (unpaired) electrons. The second-order valence-electron chi connectivity index (χ2n) is 4.32. The summed E-state index contributed by atoms with van der Waals surface area (Å²) in [6, 6.07) is 10.9. The van der Waals surface area contributed by atoms with Gasteiger partial charge in [0.15, 0.2) is 5.70 Å². The minimum atomic E-state index is -0.486. The van der Waals surface area contributed by atoms with Crippen molar-refractivity contribution >= 4 is 17.9 Å². The van der Waals surface area contributed by atoms with Crippen LogP contribution in [0.5, 0.6) is 5.75 Å². The van der Waals surface area contributed by atoms with Crippen molar-refractivity contribution in [3.63, 3.8) is 0 Å². The third-order valence-electron chi connectivity index (χ3n) is 2.95. The van der Waals surface area contributed by atoms with Gasteiger partial charge < -0.3 is 9.47 Å². The summed E-state index contributed by atoms with van der Waals surface area (Å²) in [7, 11) is 1.56. The maximum absolute atomic E-state index is 11.9. The van der Waals surface area contributed by atoms with E-state index in [1.54, 1.807) is 43.8 Å². The molecule has 1 aromatic carbocycles. The number of benzene rings is 1. The number of carbonyl (C=O) groups is 1. The topological polar surface area (TPSA) is 60.8 Å². The minimum Gasteiger partial charge on any atom is -0.496 e. The number of methoxy groups -OCH3 is 1. The smallest absolute Gasteiger partial charge is 0.363 e. The molecular formula is C16H12N2O3. The number of ether oxygens (including phenoxy) is 2. The zero-order valence-electron chi connectivity index (χ0n) is 11.3. The Morgan fingerprint density at radius 2 is 2.05 bits per heavy atom. The van der Waals surface area contributed by atoms with Crippen molar-refractivity contribution in [2.45, 2.75) is 0 Å². The van der Waals surface area contributed by atoms with Crippen LogP contribution >= 0.6 is 0 Å². The molecule has 104 valence electrons. The van der Waals surface area contributed by atoms with Gasteiger partial charge in [0.05, 0.1) is 12.7 Å². The molecular weight excluding hydrogens is 268 g/mol. The van der Waals surface area contributed by atoms with Crippen molar-refractivity contribution in [2.75, 3.05) is 7.11 Å². The van der Waals surface area contributed by atoms with E-state index in [1.807, 2.05) is 18.2 Å². The van der Waals surface area contributed by atoms with E-state index in [9.17, 15) is 4.79 Å². The first-order chi connectivity index (χ1) is 10.3. The number of esters is 1. The normalized spacial score (nSPS) is 15.8. The van der Waals surface area contributed by atoms with Gasteiger partial charge in [0.1, 0.15) is 5.75 Å². The lowest BCUT2D eigenvalue weighted by molar-refractivity contribution is -0.129. The van der Waals surface area contributed by atoms with E-state index < -0.39 is 5.97 Å². The Labute approximate surface area is 121 Å². The van der Waals surface area contributed by atoms with Crippen molar-refractivity contribution in [3.05, 3.63) is 65.6 Å². The van der Waals surface area contributed by atoms with E-state index in [4.69, 9.17) is 9.47 Å². The van der Waals surface area contributed by atoms with Crippen molar-refractivity contribution in [2.24, 2.45) is 4.99 Å². The predicted molar refractivity (Wildman–Crippen MR) is 77.8 cm³/mol. The average molecular weight is 280 g/mol. The Morgan fingerprint density at radius 3 is 2.81 bits per heavy atom. The third kappa shape index (κ3) is 2.67. The first kappa shape index (κ1) is 13.1.